The van der Waals surface area contributed by atoms with E-state index in [1.165, 1.54) is 0 Å². The summed E-state index contributed by atoms with van der Waals surface area (Å²) in [5.41, 5.74) is 7.91. The molecule has 102 valence electrons. The average molecular weight is 261 g/mol. The number of anilines is 1. The lowest BCUT2D eigenvalue weighted by Gasteiger charge is -2.22. The van der Waals surface area contributed by atoms with Gasteiger partial charge in [0.1, 0.15) is 5.52 Å². The molecule has 2 rings (SSSR count). The maximum absolute atomic E-state index is 12.2. The average Bonchev–Trinajstić information content (AvgIpc) is 2.78. The molecule has 0 aliphatic heterocycles. The van der Waals surface area contributed by atoms with Crippen molar-refractivity contribution < 1.29 is 9.21 Å². The second kappa shape index (κ2) is 5.40. The maximum Gasteiger partial charge on any atom is 0.231 e. The van der Waals surface area contributed by atoms with Gasteiger partial charge in [-0.2, -0.15) is 0 Å². The van der Waals surface area contributed by atoms with E-state index in [9.17, 15) is 4.79 Å². The number of fused-ring (bicyclic) bond motifs is 1. The van der Waals surface area contributed by atoms with Crippen LogP contribution in [0.2, 0.25) is 0 Å². The Hall–Kier alpha value is -1.88. The Kier molecular flexibility index (Phi) is 3.85. The molecule has 0 aliphatic carbocycles. The van der Waals surface area contributed by atoms with E-state index in [-0.39, 0.29) is 11.8 Å². The molecule has 0 fully saturated rings. The number of aryl methyl sites for hydroxylation is 1. The molecule has 0 spiro atoms. The first-order valence-electron chi connectivity index (χ1n) is 6.41. The van der Waals surface area contributed by atoms with Gasteiger partial charge in [-0.3, -0.25) is 4.79 Å². The minimum atomic E-state index is -0.139. The fraction of sp³-hybridized carbons (Fsp3) is 0.429. The summed E-state index contributed by atoms with van der Waals surface area (Å²) in [5, 5.41) is 0. The fourth-order valence-electron chi connectivity index (χ4n) is 2.08. The molecular weight excluding hydrogens is 242 g/mol. The van der Waals surface area contributed by atoms with Gasteiger partial charge in [0.15, 0.2) is 11.5 Å². The molecule has 1 aromatic heterocycles. The van der Waals surface area contributed by atoms with Gasteiger partial charge in [-0.15, -0.1) is 0 Å². The molecule has 19 heavy (non-hydrogen) atoms. The molecule has 0 saturated carbocycles. The molecule has 0 radical (unpaired) electrons. The van der Waals surface area contributed by atoms with Gasteiger partial charge in [-0.1, -0.05) is 6.92 Å². The van der Waals surface area contributed by atoms with E-state index in [1.807, 2.05) is 25.1 Å². The van der Waals surface area contributed by atoms with Crippen LogP contribution in [0.4, 0.5) is 5.69 Å². The minimum absolute atomic E-state index is 0.0320. The number of aromatic nitrogens is 1. The van der Waals surface area contributed by atoms with Crippen molar-refractivity contribution in [3.05, 3.63) is 24.1 Å². The number of rotatable bonds is 4. The van der Waals surface area contributed by atoms with E-state index in [0.717, 1.165) is 23.2 Å². The van der Waals surface area contributed by atoms with E-state index < -0.39 is 0 Å². The Morgan fingerprint density at radius 3 is 2.89 bits per heavy atom. The SMILES string of the molecule is CCC(CN)C(=O)N(C)c1ccc2oc(C)nc2c1. The molecule has 1 aromatic carbocycles. The fourth-order valence-corrected chi connectivity index (χ4v) is 2.08. The maximum atomic E-state index is 12.2. The third-order valence-electron chi connectivity index (χ3n) is 3.32. The van der Waals surface area contributed by atoms with Gasteiger partial charge in [0.25, 0.3) is 0 Å². The van der Waals surface area contributed by atoms with Crippen molar-refractivity contribution in [2.24, 2.45) is 11.7 Å². The van der Waals surface area contributed by atoms with Crippen molar-refractivity contribution in [1.29, 1.82) is 0 Å². The van der Waals surface area contributed by atoms with Crippen LogP contribution in [0.1, 0.15) is 19.2 Å². The second-order valence-electron chi connectivity index (χ2n) is 4.62. The quantitative estimate of drug-likeness (QED) is 0.914. The lowest BCUT2D eigenvalue weighted by molar-refractivity contribution is -0.121. The van der Waals surface area contributed by atoms with Crippen LogP contribution in [0.15, 0.2) is 22.6 Å². The van der Waals surface area contributed by atoms with Crippen LogP contribution in [0, 0.1) is 12.8 Å². The first-order chi connectivity index (χ1) is 9.06. The summed E-state index contributed by atoms with van der Waals surface area (Å²) >= 11 is 0. The molecule has 2 aromatic rings. The van der Waals surface area contributed by atoms with Crippen LogP contribution in [-0.2, 0) is 4.79 Å². The van der Waals surface area contributed by atoms with Crippen LogP contribution in [0.5, 0.6) is 0 Å². The molecule has 0 aliphatic rings. The molecule has 0 saturated heterocycles. The molecule has 1 heterocycles. The predicted octanol–water partition coefficient (Wildman–Crippen LogP) is 2.08. The molecule has 5 nitrogen and oxygen atoms in total. The summed E-state index contributed by atoms with van der Waals surface area (Å²) in [5.74, 6) is 0.513. The summed E-state index contributed by atoms with van der Waals surface area (Å²) in [6.07, 6.45) is 0.741. The molecule has 2 N–H and O–H groups in total. The number of amides is 1. The van der Waals surface area contributed by atoms with Gasteiger partial charge in [0.05, 0.1) is 5.92 Å². The van der Waals surface area contributed by atoms with Crippen LogP contribution >= 0.6 is 0 Å². The Bertz CT molecular complexity index is 587. The number of oxazole rings is 1. The Balaban J connectivity index is 2.30. The summed E-state index contributed by atoms with van der Waals surface area (Å²) in [4.78, 5) is 18.1. The highest BCUT2D eigenvalue weighted by molar-refractivity contribution is 5.96. The zero-order valence-corrected chi connectivity index (χ0v) is 11.5. The number of nitrogens with two attached hydrogens (primary N) is 1. The van der Waals surface area contributed by atoms with Crippen molar-refractivity contribution in [2.45, 2.75) is 20.3 Å². The summed E-state index contributed by atoms with van der Waals surface area (Å²) in [6.45, 7) is 4.13. The number of nitrogens with zero attached hydrogens (tertiary/aromatic N) is 2. The first-order valence-corrected chi connectivity index (χ1v) is 6.41. The molecular formula is C14H19N3O2. The monoisotopic (exact) mass is 261 g/mol. The van der Waals surface area contributed by atoms with Crippen LogP contribution < -0.4 is 10.6 Å². The van der Waals surface area contributed by atoms with Crippen molar-refractivity contribution in [1.82, 2.24) is 4.98 Å². The molecule has 1 atom stereocenters. The zero-order chi connectivity index (χ0) is 14.0. The third kappa shape index (κ3) is 2.61. The lowest BCUT2D eigenvalue weighted by atomic mass is 10.1. The number of hydrogen-bond acceptors (Lipinski definition) is 4. The van der Waals surface area contributed by atoms with Crippen LogP contribution in [-0.4, -0.2) is 24.5 Å². The standard InChI is InChI=1S/C14H19N3O2/c1-4-10(8-15)14(18)17(3)11-5-6-13-12(7-11)16-9(2)19-13/h5-7,10H,4,8,15H2,1-3H3. The highest BCUT2D eigenvalue weighted by Crippen LogP contribution is 2.23. The predicted molar refractivity (Wildman–Crippen MR) is 75.0 cm³/mol. The van der Waals surface area contributed by atoms with E-state index >= 15 is 0 Å². The number of hydrogen-bond donors (Lipinski definition) is 1. The Morgan fingerprint density at radius 2 is 2.26 bits per heavy atom. The Morgan fingerprint density at radius 1 is 1.53 bits per heavy atom. The minimum Gasteiger partial charge on any atom is -0.441 e. The van der Waals surface area contributed by atoms with E-state index in [0.29, 0.717) is 12.4 Å². The normalized spacial score (nSPS) is 12.6. The van der Waals surface area contributed by atoms with E-state index in [4.69, 9.17) is 10.2 Å². The van der Waals surface area contributed by atoms with Crippen molar-refractivity contribution in [3.8, 4) is 0 Å². The number of carbonyl (C=O) groups excluding carboxylic acids is 1. The van der Waals surface area contributed by atoms with Gasteiger partial charge in [-0.05, 0) is 24.6 Å². The van der Waals surface area contributed by atoms with Gasteiger partial charge in [-0.25, -0.2) is 4.98 Å². The van der Waals surface area contributed by atoms with Crippen LogP contribution in [0.3, 0.4) is 0 Å². The van der Waals surface area contributed by atoms with Gasteiger partial charge >= 0.3 is 0 Å². The summed E-state index contributed by atoms with van der Waals surface area (Å²) < 4.78 is 5.42. The highest BCUT2D eigenvalue weighted by Gasteiger charge is 2.20. The molecule has 1 amide bonds. The number of carbonyl (C=O) groups is 1. The van der Waals surface area contributed by atoms with Crippen molar-refractivity contribution >= 4 is 22.7 Å². The molecule has 5 heteroatoms. The third-order valence-corrected chi connectivity index (χ3v) is 3.32. The lowest BCUT2D eigenvalue weighted by Crippen LogP contribution is -2.36. The molecule has 0 bridgehead atoms. The van der Waals surface area contributed by atoms with Gasteiger partial charge in [0.2, 0.25) is 5.91 Å². The van der Waals surface area contributed by atoms with E-state index in [2.05, 4.69) is 4.98 Å². The first kappa shape index (κ1) is 13.5. The smallest absolute Gasteiger partial charge is 0.231 e. The number of benzene rings is 1. The highest BCUT2D eigenvalue weighted by atomic mass is 16.3. The Labute approximate surface area is 112 Å². The van der Waals surface area contributed by atoms with Crippen molar-refractivity contribution in [2.75, 3.05) is 18.5 Å². The largest absolute Gasteiger partial charge is 0.441 e. The molecule has 1 unspecified atom stereocenters. The van der Waals surface area contributed by atoms with Gasteiger partial charge < -0.3 is 15.1 Å². The second-order valence-corrected chi connectivity index (χ2v) is 4.62. The van der Waals surface area contributed by atoms with Crippen molar-refractivity contribution in [3.63, 3.8) is 0 Å². The van der Waals surface area contributed by atoms with Gasteiger partial charge in [0, 0.05) is 26.2 Å². The zero-order valence-electron chi connectivity index (χ0n) is 11.5. The topological polar surface area (TPSA) is 72.4 Å². The van der Waals surface area contributed by atoms with Crippen LogP contribution in [0.25, 0.3) is 11.1 Å². The summed E-state index contributed by atoms with van der Waals surface area (Å²) in [7, 11) is 1.76. The van der Waals surface area contributed by atoms with E-state index in [1.54, 1.807) is 18.9 Å². The summed E-state index contributed by atoms with van der Waals surface area (Å²) in [6, 6.07) is 5.54.